The first-order valence-electron chi connectivity index (χ1n) is 7.51. The lowest BCUT2D eigenvalue weighted by atomic mass is 10.0. The number of ketones is 1. The van der Waals surface area contributed by atoms with Crippen molar-refractivity contribution >= 4 is 11.8 Å². The third-order valence-electron chi connectivity index (χ3n) is 3.34. The highest BCUT2D eigenvalue weighted by molar-refractivity contribution is 5.79. The van der Waals surface area contributed by atoms with Crippen molar-refractivity contribution < 1.29 is 24.2 Å². The van der Waals surface area contributed by atoms with E-state index in [2.05, 4.69) is 0 Å². The van der Waals surface area contributed by atoms with Gasteiger partial charge in [0, 0.05) is 19.8 Å². The van der Waals surface area contributed by atoms with Gasteiger partial charge in [-0.3, -0.25) is 9.59 Å². The van der Waals surface area contributed by atoms with Gasteiger partial charge < -0.3 is 14.6 Å². The Hall–Kier alpha value is -2.04. The van der Waals surface area contributed by atoms with Gasteiger partial charge in [0.1, 0.15) is 11.9 Å². The predicted molar refractivity (Wildman–Crippen MR) is 83.1 cm³/mol. The number of rotatable bonds is 9. The van der Waals surface area contributed by atoms with Gasteiger partial charge in [0.2, 0.25) is 0 Å². The molecule has 5 heteroatoms. The van der Waals surface area contributed by atoms with Crippen LogP contribution in [-0.2, 0) is 20.7 Å². The fourth-order valence-electron chi connectivity index (χ4n) is 2.28. The van der Waals surface area contributed by atoms with Crippen LogP contribution >= 0.6 is 0 Å². The van der Waals surface area contributed by atoms with Crippen LogP contribution in [0.4, 0.5) is 0 Å². The fourth-order valence-corrected chi connectivity index (χ4v) is 2.28. The van der Waals surface area contributed by atoms with Crippen LogP contribution in [0.2, 0.25) is 0 Å². The van der Waals surface area contributed by atoms with Gasteiger partial charge in [-0.25, -0.2) is 0 Å². The van der Waals surface area contributed by atoms with Crippen molar-refractivity contribution in [1.82, 2.24) is 0 Å². The van der Waals surface area contributed by atoms with E-state index >= 15 is 0 Å². The minimum atomic E-state index is -0.352. The Morgan fingerprint density at radius 2 is 2.05 bits per heavy atom. The second-order valence-electron chi connectivity index (χ2n) is 5.27. The molecule has 0 aliphatic rings. The first-order valence-corrected chi connectivity index (χ1v) is 7.51. The number of phenols is 1. The number of hydrogen-bond donors (Lipinski definition) is 1. The third kappa shape index (κ3) is 6.16. The lowest BCUT2D eigenvalue weighted by molar-refractivity contribution is -0.147. The number of Topliss-reactive ketones (excluding diaryl/α,β-unsaturated/α-hetero) is 1. The van der Waals surface area contributed by atoms with Crippen molar-refractivity contribution in [2.45, 2.75) is 52.1 Å². The molecule has 122 valence electrons. The Balaban J connectivity index is 2.52. The predicted octanol–water partition coefficient (Wildman–Crippen LogP) is 3.02. The summed E-state index contributed by atoms with van der Waals surface area (Å²) in [7, 11) is 1.48. The van der Waals surface area contributed by atoms with E-state index in [4.69, 9.17) is 9.47 Å². The molecular formula is C17H24O5. The average molecular weight is 308 g/mol. The smallest absolute Gasteiger partial charge is 0.302 e. The summed E-state index contributed by atoms with van der Waals surface area (Å²) in [6, 6.07) is 5.04. The zero-order valence-corrected chi connectivity index (χ0v) is 13.4. The second kappa shape index (κ2) is 9.07. The Labute approximate surface area is 131 Å². The highest BCUT2D eigenvalue weighted by Gasteiger charge is 2.16. The van der Waals surface area contributed by atoms with Crippen LogP contribution in [0.1, 0.15) is 45.1 Å². The van der Waals surface area contributed by atoms with Crippen molar-refractivity contribution in [3.05, 3.63) is 23.8 Å². The molecule has 0 fully saturated rings. The summed E-state index contributed by atoms with van der Waals surface area (Å²) in [6.07, 6.45) is 2.41. The van der Waals surface area contributed by atoms with Gasteiger partial charge in [0.15, 0.2) is 11.5 Å². The van der Waals surface area contributed by atoms with Gasteiger partial charge in [-0.05, 0) is 30.5 Å². The standard InChI is InChI=1S/C17H24O5/c1-4-5-15(22-12(2)18)11-14(19)8-6-13-7-9-16(20)17(10-13)21-3/h7,9-10,15,20H,4-6,8,11H2,1-3H3/t15-/m1/s1. The number of esters is 1. The molecule has 0 spiro atoms. The first-order chi connectivity index (χ1) is 10.5. The lowest BCUT2D eigenvalue weighted by Crippen LogP contribution is -2.20. The average Bonchev–Trinajstić information content (AvgIpc) is 2.46. The summed E-state index contributed by atoms with van der Waals surface area (Å²) in [4.78, 5) is 23.1. The van der Waals surface area contributed by atoms with Crippen LogP contribution in [0.25, 0.3) is 0 Å². The molecule has 1 atom stereocenters. The van der Waals surface area contributed by atoms with Crippen LogP contribution in [0.15, 0.2) is 18.2 Å². The number of methoxy groups -OCH3 is 1. The summed E-state index contributed by atoms with van der Waals surface area (Å²) < 4.78 is 10.2. The van der Waals surface area contributed by atoms with E-state index in [1.807, 2.05) is 6.92 Å². The Morgan fingerprint density at radius 1 is 1.32 bits per heavy atom. The molecule has 0 bridgehead atoms. The fraction of sp³-hybridized carbons (Fsp3) is 0.529. The van der Waals surface area contributed by atoms with Crippen molar-refractivity contribution in [2.75, 3.05) is 7.11 Å². The molecule has 0 unspecified atom stereocenters. The molecule has 1 N–H and O–H groups in total. The van der Waals surface area contributed by atoms with E-state index < -0.39 is 0 Å². The maximum absolute atomic E-state index is 12.0. The van der Waals surface area contributed by atoms with E-state index in [1.54, 1.807) is 18.2 Å². The molecule has 0 aliphatic heterocycles. The minimum absolute atomic E-state index is 0.0618. The molecule has 0 radical (unpaired) electrons. The number of carbonyl (C=O) groups excluding carboxylic acids is 2. The molecule has 0 aliphatic carbocycles. The van der Waals surface area contributed by atoms with Crippen molar-refractivity contribution in [2.24, 2.45) is 0 Å². The third-order valence-corrected chi connectivity index (χ3v) is 3.34. The quantitative estimate of drug-likeness (QED) is 0.710. The molecule has 1 aromatic carbocycles. The van der Waals surface area contributed by atoms with Gasteiger partial charge in [-0.1, -0.05) is 19.4 Å². The number of phenolic OH excluding ortho intramolecular Hbond substituents is 1. The molecule has 0 amide bonds. The topological polar surface area (TPSA) is 72.8 Å². The number of benzene rings is 1. The molecule has 0 saturated heterocycles. The van der Waals surface area contributed by atoms with E-state index in [0.29, 0.717) is 25.0 Å². The van der Waals surface area contributed by atoms with Crippen LogP contribution < -0.4 is 4.74 Å². The molecule has 0 heterocycles. The largest absolute Gasteiger partial charge is 0.504 e. The van der Waals surface area contributed by atoms with E-state index in [0.717, 1.165) is 12.0 Å². The van der Waals surface area contributed by atoms with Gasteiger partial charge in [-0.15, -0.1) is 0 Å². The van der Waals surface area contributed by atoms with Crippen molar-refractivity contribution in [3.8, 4) is 11.5 Å². The SMILES string of the molecule is CCC[C@H](CC(=O)CCc1ccc(O)c(OC)c1)OC(C)=O. The maximum Gasteiger partial charge on any atom is 0.302 e. The van der Waals surface area contributed by atoms with E-state index in [9.17, 15) is 14.7 Å². The highest BCUT2D eigenvalue weighted by Crippen LogP contribution is 2.26. The summed E-state index contributed by atoms with van der Waals surface area (Å²) in [5.74, 6) is 0.186. The van der Waals surface area contributed by atoms with Crippen LogP contribution in [0.3, 0.4) is 0 Å². The maximum atomic E-state index is 12.0. The zero-order chi connectivity index (χ0) is 16.5. The number of carbonyl (C=O) groups is 2. The molecule has 5 nitrogen and oxygen atoms in total. The summed E-state index contributed by atoms with van der Waals surface area (Å²) in [5, 5.41) is 9.53. The van der Waals surface area contributed by atoms with Gasteiger partial charge in [0.25, 0.3) is 0 Å². The number of hydrogen-bond acceptors (Lipinski definition) is 5. The second-order valence-corrected chi connectivity index (χ2v) is 5.27. The van der Waals surface area contributed by atoms with Gasteiger partial charge in [0.05, 0.1) is 7.11 Å². The van der Waals surface area contributed by atoms with E-state index in [-0.39, 0.29) is 30.0 Å². The minimum Gasteiger partial charge on any atom is -0.504 e. The molecule has 0 aromatic heterocycles. The highest BCUT2D eigenvalue weighted by atomic mass is 16.5. The van der Waals surface area contributed by atoms with Crippen LogP contribution in [-0.4, -0.2) is 30.1 Å². The normalized spacial score (nSPS) is 11.8. The number of aromatic hydroxyl groups is 1. The van der Waals surface area contributed by atoms with Crippen molar-refractivity contribution in [1.29, 1.82) is 0 Å². The Bertz CT molecular complexity index is 510. The molecule has 22 heavy (non-hydrogen) atoms. The van der Waals surface area contributed by atoms with E-state index in [1.165, 1.54) is 14.0 Å². The van der Waals surface area contributed by atoms with Crippen molar-refractivity contribution in [3.63, 3.8) is 0 Å². The number of ether oxygens (including phenoxy) is 2. The molecule has 0 saturated carbocycles. The number of aryl methyl sites for hydroxylation is 1. The Kier molecular flexibility index (Phi) is 7.43. The Morgan fingerprint density at radius 3 is 2.64 bits per heavy atom. The summed E-state index contributed by atoms with van der Waals surface area (Å²) in [6.45, 7) is 3.35. The summed E-state index contributed by atoms with van der Waals surface area (Å²) in [5.41, 5.74) is 0.919. The molecule has 1 aromatic rings. The monoisotopic (exact) mass is 308 g/mol. The first kappa shape index (κ1) is 18.0. The molecular weight excluding hydrogens is 284 g/mol. The summed E-state index contributed by atoms with van der Waals surface area (Å²) >= 11 is 0. The lowest BCUT2D eigenvalue weighted by Gasteiger charge is -2.15. The van der Waals surface area contributed by atoms with Crippen LogP contribution in [0.5, 0.6) is 11.5 Å². The van der Waals surface area contributed by atoms with Gasteiger partial charge in [-0.2, -0.15) is 0 Å². The van der Waals surface area contributed by atoms with Gasteiger partial charge >= 0.3 is 5.97 Å². The molecule has 1 rings (SSSR count). The zero-order valence-electron chi connectivity index (χ0n) is 13.4. The van der Waals surface area contributed by atoms with Crippen LogP contribution in [0, 0.1) is 0 Å².